The summed E-state index contributed by atoms with van der Waals surface area (Å²) in [6, 6.07) is 0. The quantitative estimate of drug-likeness (QED) is 0.486. The smallest absolute Gasteiger partial charge is 0.160 e. The number of hydrogen-bond acceptors (Lipinski definition) is 4. The van der Waals surface area contributed by atoms with Crippen molar-refractivity contribution in [2.24, 2.45) is 5.73 Å². The van der Waals surface area contributed by atoms with E-state index in [1.54, 1.807) is 6.92 Å². The van der Waals surface area contributed by atoms with Crippen LogP contribution in [0.3, 0.4) is 0 Å². The van der Waals surface area contributed by atoms with Gasteiger partial charge in [0.05, 0.1) is 12.2 Å². The van der Waals surface area contributed by atoms with Crippen LogP contribution in [0.1, 0.15) is 20.8 Å². The molecule has 4 heteroatoms. The van der Waals surface area contributed by atoms with Crippen LogP contribution in [0.5, 0.6) is 0 Å². The van der Waals surface area contributed by atoms with E-state index in [2.05, 4.69) is 0 Å². The Bertz CT molecular complexity index is 111. The second kappa shape index (κ2) is 4.01. The molecular weight excluding hydrogens is 146 g/mol. The van der Waals surface area contributed by atoms with Gasteiger partial charge in [0.15, 0.2) is 5.79 Å². The molecule has 11 heavy (non-hydrogen) atoms. The van der Waals surface area contributed by atoms with Crippen LogP contribution in [0, 0.1) is 0 Å². The Labute approximate surface area is 67.0 Å². The molecule has 0 radical (unpaired) electrons. The van der Waals surface area contributed by atoms with E-state index in [4.69, 9.17) is 20.7 Å². The molecule has 68 valence electrons. The van der Waals surface area contributed by atoms with Gasteiger partial charge in [0.2, 0.25) is 0 Å². The summed E-state index contributed by atoms with van der Waals surface area (Å²) in [5.74, 6) is -1.21. The van der Waals surface area contributed by atoms with Crippen molar-refractivity contribution < 1.29 is 14.9 Å². The average molecular weight is 163 g/mol. The predicted octanol–water partition coefficient (Wildman–Crippen LogP) is -0.560. The van der Waals surface area contributed by atoms with Crippen LogP contribution in [-0.4, -0.2) is 34.8 Å². The second-order valence-corrected chi connectivity index (χ2v) is 3.07. The first-order valence-corrected chi connectivity index (χ1v) is 3.65. The van der Waals surface area contributed by atoms with Crippen molar-refractivity contribution in [3.05, 3.63) is 0 Å². The van der Waals surface area contributed by atoms with Crippen molar-refractivity contribution in [1.29, 1.82) is 0 Å². The van der Waals surface area contributed by atoms with Gasteiger partial charge in [0.1, 0.15) is 0 Å². The van der Waals surface area contributed by atoms with Crippen molar-refractivity contribution in [2.45, 2.75) is 38.8 Å². The zero-order valence-electron chi connectivity index (χ0n) is 7.24. The third-order valence-electron chi connectivity index (χ3n) is 1.26. The van der Waals surface area contributed by atoms with Crippen molar-refractivity contribution >= 4 is 0 Å². The summed E-state index contributed by atoms with van der Waals surface area (Å²) >= 11 is 0. The summed E-state index contributed by atoms with van der Waals surface area (Å²) < 4.78 is 5.02. The van der Waals surface area contributed by atoms with Crippen LogP contribution >= 0.6 is 0 Å². The topological polar surface area (TPSA) is 75.7 Å². The minimum atomic E-state index is -1.21. The molecule has 0 rings (SSSR count). The average Bonchev–Trinajstić information content (AvgIpc) is 1.82. The minimum absolute atomic E-state index is 0.136. The number of nitrogens with two attached hydrogens (primary N) is 1. The molecule has 0 fully saturated rings. The van der Waals surface area contributed by atoms with Crippen molar-refractivity contribution in [1.82, 2.24) is 0 Å². The standard InChI is InChI=1S/C7H17NO3/c1-5(6(9)4-8)11-7(2,3)10/h5-6,9-10H,4,8H2,1-3H3/t5-,6-/m0/s1. The van der Waals surface area contributed by atoms with Crippen LogP contribution in [0.4, 0.5) is 0 Å². The molecule has 0 aliphatic carbocycles. The molecule has 4 nitrogen and oxygen atoms in total. The second-order valence-electron chi connectivity index (χ2n) is 3.07. The lowest BCUT2D eigenvalue weighted by Gasteiger charge is -2.26. The first-order valence-electron chi connectivity index (χ1n) is 3.65. The zero-order valence-corrected chi connectivity index (χ0v) is 7.24. The highest BCUT2D eigenvalue weighted by Crippen LogP contribution is 2.09. The Kier molecular flexibility index (Phi) is 3.96. The molecular formula is C7H17NO3. The summed E-state index contributed by atoms with van der Waals surface area (Å²) in [5, 5.41) is 18.3. The Morgan fingerprint density at radius 1 is 1.55 bits per heavy atom. The van der Waals surface area contributed by atoms with Gasteiger partial charge in [-0.2, -0.15) is 0 Å². The lowest BCUT2D eigenvalue weighted by Crippen LogP contribution is -2.39. The maximum absolute atomic E-state index is 9.16. The van der Waals surface area contributed by atoms with Crippen molar-refractivity contribution in [3.8, 4) is 0 Å². The number of aliphatic hydroxyl groups excluding tert-OH is 1. The van der Waals surface area contributed by atoms with Crippen LogP contribution in [0.25, 0.3) is 0 Å². The molecule has 0 aliphatic rings. The fourth-order valence-corrected chi connectivity index (χ4v) is 0.725. The van der Waals surface area contributed by atoms with E-state index in [0.29, 0.717) is 0 Å². The predicted molar refractivity (Wildman–Crippen MR) is 41.9 cm³/mol. The number of hydrogen-bond donors (Lipinski definition) is 3. The Morgan fingerprint density at radius 3 is 2.27 bits per heavy atom. The molecule has 0 aromatic rings. The minimum Gasteiger partial charge on any atom is -0.389 e. The van der Waals surface area contributed by atoms with Crippen LogP contribution in [0.15, 0.2) is 0 Å². The van der Waals surface area contributed by atoms with E-state index in [-0.39, 0.29) is 6.54 Å². The van der Waals surface area contributed by atoms with Gasteiger partial charge in [-0.3, -0.25) is 0 Å². The maximum Gasteiger partial charge on any atom is 0.160 e. The van der Waals surface area contributed by atoms with E-state index >= 15 is 0 Å². The maximum atomic E-state index is 9.16. The van der Waals surface area contributed by atoms with Crippen molar-refractivity contribution in [2.75, 3.05) is 6.54 Å². The highest BCUT2D eigenvalue weighted by molar-refractivity contribution is 4.66. The van der Waals surface area contributed by atoms with Crippen molar-refractivity contribution in [3.63, 3.8) is 0 Å². The summed E-state index contributed by atoms with van der Waals surface area (Å²) in [5.41, 5.74) is 5.18. The van der Waals surface area contributed by atoms with Gasteiger partial charge in [0, 0.05) is 6.54 Å². The molecule has 0 saturated carbocycles. The highest BCUT2D eigenvalue weighted by atomic mass is 16.6. The number of aliphatic hydroxyl groups is 2. The molecule has 0 heterocycles. The van der Waals surface area contributed by atoms with E-state index in [1.807, 2.05) is 0 Å². The zero-order chi connectivity index (χ0) is 9.07. The monoisotopic (exact) mass is 163 g/mol. The normalized spacial score (nSPS) is 18.0. The lowest BCUT2D eigenvalue weighted by molar-refractivity contribution is -0.219. The summed E-state index contributed by atoms with van der Waals surface area (Å²) in [6.45, 7) is 4.81. The molecule has 0 aromatic heterocycles. The molecule has 0 amide bonds. The third-order valence-corrected chi connectivity index (χ3v) is 1.26. The van der Waals surface area contributed by atoms with Crippen LogP contribution < -0.4 is 5.73 Å². The molecule has 0 aliphatic heterocycles. The first kappa shape index (κ1) is 10.8. The van der Waals surface area contributed by atoms with Crippen LogP contribution in [0.2, 0.25) is 0 Å². The van der Waals surface area contributed by atoms with E-state index in [9.17, 15) is 0 Å². The molecule has 0 saturated heterocycles. The third kappa shape index (κ3) is 5.15. The van der Waals surface area contributed by atoms with Gasteiger partial charge in [-0.15, -0.1) is 0 Å². The SMILES string of the molecule is C[C@H](OC(C)(C)O)[C@@H](O)CN. The summed E-state index contributed by atoms with van der Waals surface area (Å²) in [6.07, 6.45) is -1.17. The Balaban J connectivity index is 3.77. The summed E-state index contributed by atoms with van der Waals surface area (Å²) in [7, 11) is 0. The largest absolute Gasteiger partial charge is 0.389 e. The van der Waals surface area contributed by atoms with Gasteiger partial charge in [-0.25, -0.2) is 0 Å². The van der Waals surface area contributed by atoms with E-state index < -0.39 is 18.0 Å². The molecule has 4 N–H and O–H groups in total. The molecule has 0 spiro atoms. The first-order chi connectivity index (χ1) is 4.87. The molecule has 0 aromatic carbocycles. The molecule has 0 bridgehead atoms. The number of ether oxygens (including phenoxy) is 1. The van der Waals surface area contributed by atoms with Gasteiger partial charge in [-0.05, 0) is 20.8 Å². The van der Waals surface area contributed by atoms with Gasteiger partial charge < -0.3 is 20.7 Å². The fraction of sp³-hybridized carbons (Fsp3) is 1.00. The lowest BCUT2D eigenvalue weighted by atomic mass is 10.2. The van der Waals surface area contributed by atoms with Gasteiger partial charge >= 0.3 is 0 Å². The van der Waals surface area contributed by atoms with E-state index in [1.165, 1.54) is 13.8 Å². The Hall–Kier alpha value is -0.160. The van der Waals surface area contributed by atoms with Gasteiger partial charge in [-0.1, -0.05) is 0 Å². The Morgan fingerprint density at radius 2 is 2.00 bits per heavy atom. The van der Waals surface area contributed by atoms with Crippen LogP contribution in [-0.2, 0) is 4.74 Å². The summed E-state index contributed by atoms with van der Waals surface area (Å²) in [4.78, 5) is 0. The van der Waals surface area contributed by atoms with Gasteiger partial charge in [0.25, 0.3) is 0 Å². The van der Waals surface area contributed by atoms with E-state index in [0.717, 1.165) is 0 Å². The molecule has 2 atom stereocenters. The highest BCUT2D eigenvalue weighted by Gasteiger charge is 2.21. The number of rotatable bonds is 4. The molecule has 0 unspecified atom stereocenters. The fourth-order valence-electron chi connectivity index (χ4n) is 0.725.